The lowest BCUT2D eigenvalue weighted by Gasteiger charge is -2.54. The van der Waals surface area contributed by atoms with Gasteiger partial charge in [0, 0.05) is 30.1 Å². The molecule has 1 amide bonds. The zero-order valence-electron chi connectivity index (χ0n) is 25.0. The zero-order chi connectivity index (χ0) is 31.5. The molecule has 43 heavy (non-hydrogen) atoms. The van der Waals surface area contributed by atoms with Crippen molar-refractivity contribution >= 4 is 23.3 Å². The molecule has 0 spiro atoms. The summed E-state index contributed by atoms with van der Waals surface area (Å²) in [6.07, 6.45) is -1.32. The van der Waals surface area contributed by atoms with Gasteiger partial charge in [-0.25, -0.2) is 0 Å². The Labute approximate surface area is 250 Å². The predicted molar refractivity (Wildman–Crippen MR) is 156 cm³/mol. The summed E-state index contributed by atoms with van der Waals surface area (Å²) in [5.74, 6) is -8.78. The average Bonchev–Trinajstić information content (AvgIpc) is 2.93. The monoisotopic (exact) mass is 593 g/mol. The molecule has 0 bridgehead atoms. The first-order valence-electron chi connectivity index (χ1n) is 14.5. The summed E-state index contributed by atoms with van der Waals surface area (Å²) in [7, 11) is 4.78. The van der Waals surface area contributed by atoms with E-state index in [1.165, 1.54) is 6.07 Å². The second-order valence-corrected chi connectivity index (χ2v) is 12.5. The number of fused-ring (bicyclic) bond motifs is 3. The van der Waals surface area contributed by atoms with Gasteiger partial charge in [0.25, 0.3) is 0 Å². The minimum Gasteiger partial charge on any atom is -0.507 e. The summed E-state index contributed by atoms with van der Waals surface area (Å²) in [6, 6.07) is 8.16. The smallest absolute Gasteiger partial charge is 0.230 e. The Hall–Kier alpha value is -3.64. The number of rotatable bonds is 7. The summed E-state index contributed by atoms with van der Waals surface area (Å²) in [5, 5.41) is 37.2. The molecular formula is C32H39N3O8. The van der Waals surface area contributed by atoms with Crippen LogP contribution in [0.2, 0.25) is 0 Å². The quantitative estimate of drug-likeness (QED) is 0.289. The molecule has 2 aromatic carbocycles. The van der Waals surface area contributed by atoms with Crippen molar-refractivity contribution in [2.24, 2.45) is 29.4 Å². The number of methoxy groups -OCH3 is 1. The molecule has 2 fully saturated rings. The highest BCUT2D eigenvalue weighted by molar-refractivity contribution is 6.25. The highest BCUT2D eigenvalue weighted by atomic mass is 16.5. The van der Waals surface area contributed by atoms with Gasteiger partial charge in [-0.3, -0.25) is 19.2 Å². The maximum Gasteiger partial charge on any atom is 0.230 e. The van der Waals surface area contributed by atoms with Crippen molar-refractivity contribution in [3.63, 3.8) is 0 Å². The molecule has 3 unspecified atom stereocenters. The number of hydrogen-bond acceptors (Lipinski definition) is 10. The van der Waals surface area contributed by atoms with Crippen molar-refractivity contribution in [3.8, 4) is 22.6 Å². The number of phenols is 1. The minimum absolute atomic E-state index is 0.0409. The first kappa shape index (κ1) is 30.8. The second kappa shape index (κ2) is 11.1. The lowest BCUT2D eigenvalue weighted by Crippen LogP contribution is -2.75. The molecule has 0 saturated heterocycles. The molecule has 230 valence electrons. The Morgan fingerprint density at radius 1 is 1.14 bits per heavy atom. The van der Waals surface area contributed by atoms with Crippen molar-refractivity contribution in [3.05, 3.63) is 47.0 Å². The molecule has 0 heterocycles. The first-order chi connectivity index (χ1) is 20.2. The highest BCUT2D eigenvalue weighted by Crippen LogP contribution is 2.52. The number of likely N-dealkylation sites (N-methyl/N-ethyl adjacent to an activating group) is 1. The number of nitrogens with one attached hydrogen (secondary N) is 1. The normalized spacial score (nSPS) is 30.2. The molecule has 3 aliphatic rings. The van der Waals surface area contributed by atoms with Crippen LogP contribution in [0.1, 0.15) is 41.8 Å². The lowest BCUT2D eigenvalue weighted by molar-refractivity contribution is -0.190. The fourth-order valence-corrected chi connectivity index (χ4v) is 7.47. The number of phenolic OH excluding ortho intramolecular Hbond substituents is 1. The molecule has 3 aliphatic carbocycles. The van der Waals surface area contributed by atoms with E-state index in [-0.39, 0.29) is 30.2 Å². The summed E-state index contributed by atoms with van der Waals surface area (Å²) < 4.78 is 5.67. The highest BCUT2D eigenvalue weighted by Gasteiger charge is 2.69. The number of aromatic hydroxyl groups is 1. The first-order valence-corrected chi connectivity index (χ1v) is 14.5. The van der Waals surface area contributed by atoms with Crippen LogP contribution >= 0.6 is 0 Å². The molecule has 5 rings (SSSR count). The number of primary amides is 1. The van der Waals surface area contributed by atoms with Gasteiger partial charge in [-0.15, -0.1) is 0 Å². The van der Waals surface area contributed by atoms with Crippen LogP contribution < -0.4 is 15.8 Å². The fraction of sp³-hybridized carbons (Fsp3) is 0.500. The minimum atomic E-state index is -2.70. The number of carbonyl (C=O) groups is 4. The third kappa shape index (κ3) is 4.75. The van der Waals surface area contributed by atoms with E-state index in [1.54, 1.807) is 32.2 Å². The number of carbonyl (C=O) groups excluding carboxylic acids is 4. The topological polar surface area (TPSA) is 179 Å². The summed E-state index contributed by atoms with van der Waals surface area (Å²) in [5.41, 5.74) is 5.60. The number of ether oxygens (including phenoxy) is 1. The SMILES string of the molecule is COc1ccc(CNC(C)C)cc1-c1ccc(O)c2c1C[C@@H]1C[C@@H]3[C@@H](N(C)C)C(O)C(C(N)=O)C(=O)[C@]3(O)C(=O)C1C2=O. The van der Waals surface area contributed by atoms with Crippen molar-refractivity contribution in [1.82, 2.24) is 10.2 Å². The van der Waals surface area contributed by atoms with Crippen LogP contribution in [0.15, 0.2) is 30.3 Å². The van der Waals surface area contributed by atoms with Crippen molar-refractivity contribution in [2.45, 2.75) is 57.0 Å². The van der Waals surface area contributed by atoms with E-state index in [9.17, 15) is 34.5 Å². The lowest BCUT2D eigenvalue weighted by atomic mass is 9.52. The summed E-state index contributed by atoms with van der Waals surface area (Å²) in [6.45, 7) is 4.69. The van der Waals surface area contributed by atoms with Crippen LogP contribution in [-0.2, 0) is 27.3 Å². The number of ketones is 3. The van der Waals surface area contributed by atoms with Crippen LogP contribution in [0.25, 0.3) is 11.1 Å². The maximum absolute atomic E-state index is 14.1. The zero-order valence-corrected chi connectivity index (χ0v) is 25.0. The van der Waals surface area contributed by atoms with Gasteiger partial charge in [-0.2, -0.15) is 0 Å². The van der Waals surface area contributed by atoms with Gasteiger partial charge in [0.05, 0.1) is 24.7 Å². The number of amides is 1. The van der Waals surface area contributed by atoms with Crippen LogP contribution in [0.4, 0.5) is 0 Å². The van der Waals surface area contributed by atoms with Gasteiger partial charge in [0.1, 0.15) is 17.4 Å². The van der Waals surface area contributed by atoms with Crippen molar-refractivity contribution < 1.29 is 39.2 Å². The Morgan fingerprint density at radius 3 is 2.44 bits per heavy atom. The molecule has 0 aliphatic heterocycles. The van der Waals surface area contributed by atoms with E-state index in [1.807, 2.05) is 32.0 Å². The Morgan fingerprint density at radius 2 is 1.84 bits per heavy atom. The molecule has 7 atom stereocenters. The molecule has 0 radical (unpaired) electrons. The second-order valence-electron chi connectivity index (χ2n) is 12.5. The van der Waals surface area contributed by atoms with E-state index in [2.05, 4.69) is 5.32 Å². The van der Waals surface area contributed by atoms with E-state index in [4.69, 9.17) is 10.5 Å². The number of nitrogens with two attached hydrogens (primary N) is 1. The fourth-order valence-electron chi connectivity index (χ4n) is 7.47. The number of Topliss-reactive ketones (excluding diaryl/α,β-unsaturated/α-hetero) is 3. The number of hydrogen-bond donors (Lipinski definition) is 5. The van der Waals surface area contributed by atoms with Gasteiger partial charge in [0.2, 0.25) is 5.91 Å². The standard InChI is InChI=1S/C32H39N3O8/c1-14(2)34-13-15-6-9-22(43-5)18(10-15)17-7-8-21(36)24-19(17)11-16-12-20-26(35(3)4)28(38)25(31(33)41)30(40)32(20,42)29(39)23(16)27(24)37/h6-10,14,16,20,23,25-26,28,34,36,38,42H,11-13H2,1-5H3,(H2,33,41)/t16-,20-,23?,25?,26-,28?,32-/m1/s1. The van der Waals surface area contributed by atoms with Crippen LogP contribution in [0, 0.1) is 23.7 Å². The third-order valence-corrected chi connectivity index (χ3v) is 9.44. The van der Waals surface area contributed by atoms with Gasteiger partial charge < -0.3 is 36.0 Å². The number of aliphatic hydroxyl groups excluding tert-OH is 1. The van der Waals surface area contributed by atoms with E-state index in [0.29, 0.717) is 29.0 Å². The maximum atomic E-state index is 14.1. The van der Waals surface area contributed by atoms with Gasteiger partial charge in [-0.1, -0.05) is 26.0 Å². The molecule has 0 aromatic heterocycles. The Balaban J connectivity index is 1.64. The average molecular weight is 594 g/mol. The molecular weight excluding hydrogens is 554 g/mol. The van der Waals surface area contributed by atoms with Crippen LogP contribution in [0.5, 0.6) is 11.5 Å². The van der Waals surface area contributed by atoms with Gasteiger partial charge in [0.15, 0.2) is 23.0 Å². The van der Waals surface area contributed by atoms with E-state index < -0.39 is 64.7 Å². The Bertz CT molecular complexity index is 1500. The third-order valence-electron chi connectivity index (χ3n) is 9.44. The summed E-state index contributed by atoms with van der Waals surface area (Å²) >= 11 is 0. The van der Waals surface area contributed by atoms with E-state index in [0.717, 1.165) is 5.56 Å². The molecule has 2 saturated carbocycles. The number of aliphatic hydroxyl groups is 2. The number of benzene rings is 2. The van der Waals surface area contributed by atoms with E-state index >= 15 is 0 Å². The molecule has 11 nitrogen and oxygen atoms in total. The predicted octanol–water partition coefficient (Wildman–Crippen LogP) is 0.832. The van der Waals surface area contributed by atoms with Crippen LogP contribution in [-0.4, -0.2) is 88.5 Å². The molecule has 2 aromatic rings. The summed E-state index contributed by atoms with van der Waals surface area (Å²) in [4.78, 5) is 55.5. The van der Waals surface area contributed by atoms with Crippen molar-refractivity contribution in [1.29, 1.82) is 0 Å². The number of nitrogens with zero attached hydrogens (tertiary/aromatic N) is 1. The Kier molecular flexibility index (Phi) is 7.97. The van der Waals surface area contributed by atoms with Crippen molar-refractivity contribution in [2.75, 3.05) is 21.2 Å². The van der Waals surface area contributed by atoms with Crippen LogP contribution in [0.3, 0.4) is 0 Å². The molecule has 6 N–H and O–H groups in total. The largest absolute Gasteiger partial charge is 0.507 e. The molecule has 11 heteroatoms. The van der Waals surface area contributed by atoms with Gasteiger partial charge in [-0.05, 0) is 67.7 Å². The van der Waals surface area contributed by atoms with Gasteiger partial charge >= 0.3 is 0 Å².